The van der Waals surface area contributed by atoms with E-state index < -0.39 is 0 Å². The average molecular weight is 325 g/mol. The van der Waals surface area contributed by atoms with Gasteiger partial charge >= 0.3 is 6.09 Å². The SMILES string of the molecule is COC(=O)NCCCN(Sc1ccc(OC)cc1)C1CNC1. The van der Waals surface area contributed by atoms with E-state index in [2.05, 4.69) is 31.8 Å². The average Bonchev–Trinajstić information content (AvgIpc) is 2.50. The summed E-state index contributed by atoms with van der Waals surface area (Å²) in [7, 11) is 3.05. The van der Waals surface area contributed by atoms with Crippen LogP contribution in [0.3, 0.4) is 0 Å². The first-order valence-corrected chi connectivity index (χ1v) is 8.11. The van der Waals surface area contributed by atoms with Crippen LogP contribution < -0.4 is 15.4 Å². The zero-order valence-electron chi connectivity index (χ0n) is 13.0. The molecule has 1 aromatic rings. The second-order valence-electron chi connectivity index (χ2n) is 4.99. The Labute approximate surface area is 135 Å². The van der Waals surface area contributed by atoms with E-state index in [0.29, 0.717) is 12.6 Å². The molecule has 0 aromatic heterocycles. The lowest BCUT2D eigenvalue weighted by Gasteiger charge is -2.37. The van der Waals surface area contributed by atoms with Gasteiger partial charge in [0.1, 0.15) is 5.75 Å². The summed E-state index contributed by atoms with van der Waals surface area (Å²) >= 11 is 1.75. The van der Waals surface area contributed by atoms with Crippen LogP contribution >= 0.6 is 11.9 Å². The first-order chi connectivity index (χ1) is 10.7. The topological polar surface area (TPSA) is 62.8 Å². The molecule has 2 rings (SSSR count). The van der Waals surface area contributed by atoms with Gasteiger partial charge in [-0.2, -0.15) is 0 Å². The number of nitrogens with zero attached hydrogens (tertiary/aromatic N) is 1. The van der Waals surface area contributed by atoms with Gasteiger partial charge in [0, 0.05) is 37.1 Å². The molecule has 0 radical (unpaired) electrons. The zero-order chi connectivity index (χ0) is 15.8. The maximum absolute atomic E-state index is 11.0. The molecule has 1 aliphatic rings. The van der Waals surface area contributed by atoms with Crippen LogP contribution in [0, 0.1) is 0 Å². The van der Waals surface area contributed by atoms with Gasteiger partial charge in [-0.3, -0.25) is 0 Å². The number of benzene rings is 1. The van der Waals surface area contributed by atoms with Crippen LogP contribution in [-0.2, 0) is 4.74 Å². The van der Waals surface area contributed by atoms with Gasteiger partial charge in [0.2, 0.25) is 0 Å². The van der Waals surface area contributed by atoms with Gasteiger partial charge in [-0.15, -0.1) is 0 Å². The van der Waals surface area contributed by atoms with E-state index in [-0.39, 0.29) is 6.09 Å². The van der Waals surface area contributed by atoms with Gasteiger partial charge in [0.05, 0.1) is 14.2 Å². The van der Waals surface area contributed by atoms with Crippen molar-refractivity contribution in [3.8, 4) is 5.75 Å². The molecule has 22 heavy (non-hydrogen) atoms. The second kappa shape index (κ2) is 8.87. The summed E-state index contributed by atoms with van der Waals surface area (Å²) in [5.74, 6) is 0.864. The smallest absolute Gasteiger partial charge is 0.406 e. The predicted molar refractivity (Wildman–Crippen MR) is 87.2 cm³/mol. The predicted octanol–water partition coefficient (Wildman–Crippen LogP) is 1.72. The van der Waals surface area contributed by atoms with E-state index in [1.165, 1.54) is 12.0 Å². The number of carbonyl (C=O) groups is 1. The van der Waals surface area contributed by atoms with Gasteiger partial charge in [-0.05, 0) is 42.6 Å². The Hall–Kier alpha value is -1.44. The molecule has 0 bridgehead atoms. The molecule has 1 saturated heterocycles. The van der Waals surface area contributed by atoms with Crippen LogP contribution in [0.1, 0.15) is 6.42 Å². The quantitative estimate of drug-likeness (QED) is 0.560. The third kappa shape index (κ3) is 5.08. The molecule has 0 aliphatic carbocycles. The molecule has 122 valence electrons. The summed E-state index contributed by atoms with van der Waals surface area (Å²) in [6.07, 6.45) is 0.508. The van der Waals surface area contributed by atoms with Gasteiger partial charge in [-0.25, -0.2) is 9.10 Å². The summed E-state index contributed by atoms with van der Waals surface area (Å²) in [5, 5.41) is 6.01. The molecular formula is C15H23N3O3S. The maximum atomic E-state index is 11.0. The van der Waals surface area contributed by atoms with Crippen LogP contribution in [0.25, 0.3) is 0 Å². The Morgan fingerprint density at radius 1 is 1.36 bits per heavy atom. The van der Waals surface area contributed by atoms with Crippen molar-refractivity contribution in [1.82, 2.24) is 14.9 Å². The van der Waals surface area contributed by atoms with Crippen LogP contribution in [0.5, 0.6) is 5.75 Å². The summed E-state index contributed by atoms with van der Waals surface area (Å²) in [5.41, 5.74) is 0. The monoisotopic (exact) mass is 325 g/mol. The Bertz CT molecular complexity index is 466. The second-order valence-corrected chi connectivity index (χ2v) is 6.11. The van der Waals surface area contributed by atoms with Crippen LogP contribution in [0.15, 0.2) is 29.2 Å². The minimum absolute atomic E-state index is 0.375. The number of methoxy groups -OCH3 is 2. The van der Waals surface area contributed by atoms with E-state index in [4.69, 9.17) is 4.74 Å². The highest BCUT2D eigenvalue weighted by Crippen LogP contribution is 2.27. The van der Waals surface area contributed by atoms with E-state index in [0.717, 1.165) is 31.8 Å². The standard InChI is InChI=1S/C15H23N3O3S/c1-20-13-4-6-14(7-5-13)22-18(12-10-16-11-12)9-3-8-17-15(19)21-2/h4-7,12,16H,3,8-11H2,1-2H3,(H,17,19). The first-order valence-electron chi connectivity index (χ1n) is 7.34. The summed E-state index contributed by atoms with van der Waals surface area (Å²) in [6, 6.07) is 8.60. The zero-order valence-corrected chi connectivity index (χ0v) is 13.8. The van der Waals surface area contributed by atoms with Crippen molar-refractivity contribution < 1.29 is 14.3 Å². The molecule has 6 nitrogen and oxygen atoms in total. The Kier molecular flexibility index (Phi) is 6.82. The number of hydrogen-bond donors (Lipinski definition) is 2. The van der Waals surface area contributed by atoms with E-state index in [1.807, 2.05) is 12.1 Å². The molecule has 1 aliphatic heterocycles. The molecule has 1 heterocycles. The molecule has 1 aromatic carbocycles. The molecule has 1 fully saturated rings. The van der Waals surface area contributed by atoms with E-state index >= 15 is 0 Å². The van der Waals surface area contributed by atoms with Crippen LogP contribution in [0.2, 0.25) is 0 Å². The number of rotatable bonds is 8. The Balaban J connectivity index is 1.82. The number of ether oxygens (including phenoxy) is 2. The number of nitrogens with one attached hydrogen (secondary N) is 2. The first kappa shape index (κ1) is 16.9. The summed E-state index contributed by atoms with van der Waals surface area (Å²) < 4.78 is 12.1. The fourth-order valence-corrected chi connectivity index (χ4v) is 3.10. The van der Waals surface area contributed by atoms with Crippen molar-refractivity contribution in [1.29, 1.82) is 0 Å². The number of carbonyl (C=O) groups excluding carboxylic acids is 1. The van der Waals surface area contributed by atoms with Crippen molar-refractivity contribution in [3.63, 3.8) is 0 Å². The van der Waals surface area contributed by atoms with Crippen molar-refractivity contribution in [2.45, 2.75) is 17.4 Å². The third-order valence-corrected chi connectivity index (χ3v) is 4.66. The molecule has 1 amide bonds. The molecule has 7 heteroatoms. The fraction of sp³-hybridized carbons (Fsp3) is 0.533. The van der Waals surface area contributed by atoms with Gasteiger partial charge in [0.15, 0.2) is 0 Å². The lowest BCUT2D eigenvalue weighted by molar-refractivity contribution is 0.170. The van der Waals surface area contributed by atoms with E-state index in [1.54, 1.807) is 19.1 Å². The van der Waals surface area contributed by atoms with Gasteiger partial charge < -0.3 is 20.1 Å². The lowest BCUT2D eigenvalue weighted by Crippen LogP contribution is -2.55. The largest absolute Gasteiger partial charge is 0.497 e. The normalized spacial score (nSPS) is 14.5. The summed E-state index contributed by atoms with van der Waals surface area (Å²) in [4.78, 5) is 12.2. The number of amides is 1. The maximum Gasteiger partial charge on any atom is 0.406 e. The Morgan fingerprint density at radius 3 is 2.64 bits per heavy atom. The minimum atomic E-state index is -0.375. The number of hydrogen-bond acceptors (Lipinski definition) is 6. The molecule has 0 unspecified atom stereocenters. The van der Waals surface area contributed by atoms with E-state index in [9.17, 15) is 4.79 Å². The highest BCUT2D eigenvalue weighted by atomic mass is 32.2. The molecule has 2 N–H and O–H groups in total. The van der Waals surface area contributed by atoms with Crippen LogP contribution in [-0.4, -0.2) is 56.8 Å². The Morgan fingerprint density at radius 2 is 2.09 bits per heavy atom. The molecule has 0 spiro atoms. The van der Waals surface area contributed by atoms with Crippen molar-refractivity contribution in [2.24, 2.45) is 0 Å². The minimum Gasteiger partial charge on any atom is -0.497 e. The highest BCUT2D eigenvalue weighted by Gasteiger charge is 2.25. The van der Waals surface area contributed by atoms with Gasteiger partial charge in [-0.1, -0.05) is 0 Å². The molecule has 0 atom stereocenters. The number of alkyl carbamates (subject to hydrolysis) is 1. The third-order valence-electron chi connectivity index (χ3n) is 3.46. The molecular weight excluding hydrogens is 302 g/mol. The highest BCUT2D eigenvalue weighted by molar-refractivity contribution is 7.97. The van der Waals surface area contributed by atoms with Crippen molar-refractivity contribution in [2.75, 3.05) is 40.4 Å². The van der Waals surface area contributed by atoms with Gasteiger partial charge in [0.25, 0.3) is 0 Å². The molecule has 0 saturated carbocycles. The lowest BCUT2D eigenvalue weighted by atomic mass is 10.2. The summed E-state index contributed by atoms with van der Waals surface area (Å²) in [6.45, 7) is 3.54. The van der Waals surface area contributed by atoms with Crippen molar-refractivity contribution in [3.05, 3.63) is 24.3 Å². The fourth-order valence-electron chi connectivity index (χ4n) is 2.05. The van der Waals surface area contributed by atoms with Crippen molar-refractivity contribution >= 4 is 18.0 Å². The van der Waals surface area contributed by atoms with Crippen LogP contribution in [0.4, 0.5) is 4.79 Å².